The van der Waals surface area contributed by atoms with Crippen molar-refractivity contribution in [1.29, 1.82) is 0 Å². The average molecular weight is 244 g/mol. The van der Waals surface area contributed by atoms with Crippen molar-refractivity contribution in [2.75, 3.05) is 46.1 Å². The van der Waals surface area contributed by atoms with E-state index in [2.05, 4.69) is 17.6 Å². The van der Waals surface area contributed by atoms with Crippen molar-refractivity contribution in [2.24, 2.45) is 0 Å². The first-order chi connectivity index (χ1) is 8.34. The van der Waals surface area contributed by atoms with Crippen molar-refractivity contribution in [1.82, 2.24) is 10.6 Å². The van der Waals surface area contributed by atoms with Gasteiger partial charge in [0, 0.05) is 25.2 Å². The van der Waals surface area contributed by atoms with Crippen molar-refractivity contribution < 1.29 is 14.2 Å². The molecule has 2 fully saturated rings. The summed E-state index contributed by atoms with van der Waals surface area (Å²) in [5.41, 5.74) is 0. The summed E-state index contributed by atoms with van der Waals surface area (Å²) >= 11 is 0. The summed E-state index contributed by atoms with van der Waals surface area (Å²) in [6, 6.07) is 0.953. The van der Waals surface area contributed by atoms with E-state index >= 15 is 0 Å². The number of hydrogen-bond donors (Lipinski definition) is 2. The molecular formula is C12H24N2O3. The van der Waals surface area contributed by atoms with E-state index in [1.165, 1.54) is 0 Å². The zero-order valence-corrected chi connectivity index (χ0v) is 10.6. The van der Waals surface area contributed by atoms with Crippen molar-refractivity contribution in [3.8, 4) is 0 Å². The van der Waals surface area contributed by atoms with Gasteiger partial charge in [0.05, 0.1) is 39.1 Å². The Morgan fingerprint density at radius 3 is 2.82 bits per heavy atom. The first-order valence-corrected chi connectivity index (χ1v) is 6.58. The Morgan fingerprint density at radius 1 is 1.24 bits per heavy atom. The minimum absolute atomic E-state index is 0.210. The molecular weight excluding hydrogens is 220 g/mol. The van der Waals surface area contributed by atoms with Gasteiger partial charge in [0.1, 0.15) is 0 Å². The van der Waals surface area contributed by atoms with Gasteiger partial charge in [-0.3, -0.25) is 0 Å². The van der Waals surface area contributed by atoms with Crippen LogP contribution >= 0.6 is 0 Å². The highest BCUT2D eigenvalue weighted by atomic mass is 16.6. The monoisotopic (exact) mass is 244 g/mol. The second-order valence-corrected chi connectivity index (χ2v) is 4.84. The normalized spacial score (nSPS) is 32.3. The highest BCUT2D eigenvalue weighted by Crippen LogP contribution is 2.04. The fraction of sp³-hybridized carbons (Fsp3) is 1.00. The molecule has 0 radical (unpaired) electrons. The van der Waals surface area contributed by atoms with Gasteiger partial charge < -0.3 is 24.8 Å². The Hall–Kier alpha value is -0.200. The molecule has 3 atom stereocenters. The minimum atomic E-state index is 0.210. The topological polar surface area (TPSA) is 51.8 Å². The van der Waals surface area contributed by atoms with Gasteiger partial charge in [-0.05, 0) is 13.3 Å². The zero-order chi connectivity index (χ0) is 11.9. The summed E-state index contributed by atoms with van der Waals surface area (Å²) in [5, 5.41) is 6.97. The molecule has 2 aliphatic rings. The van der Waals surface area contributed by atoms with Crippen molar-refractivity contribution in [3.63, 3.8) is 0 Å². The minimum Gasteiger partial charge on any atom is -0.379 e. The van der Waals surface area contributed by atoms with Crippen molar-refractivity contribution in [2.45, 2.75) is 31.5 Å². The maximum absolute atomic E-state index is 5.59. The van der Waals surface area contributed by atoms with E-state index in [9.17, 15) is 0 Å². The molecule has 17 heavy (non-hydrogen) atoms. The second kappa shape index (κ2) is 7.28. The van der Waals surface area contributed by atoms with Gasteiger partial charge in [-0.2, -0.15) is 0 Å². The molecule has 0 spiro atoms. The molecule has 5 heteroatoms. The number of hydrogen-bond acceptors (Lipinski definition) is 5. The summed E-state index contributed by atoms with van der Waals surface area (Å²) in [6.07, 6.45) is 1.30. The van der Waals surface area contributed by atoms with E-state index in [0.29, 0.717) is 18.7 Å². The molecule has 0 aromatic carbocycles. The molecule has 2 heterocycles. The van der Waals surface area contributed by atoms with Crippen LogP contribution in [0.4, 0.5) is 0 Å². The number of morpholine rings is 1. The molecule has 2 rings (SSSR count). The Balaban J connectivity index is 1.57. The van der Waals surface area contributed by atoms with Crippen molar-refractivity contribution >= 4 is 0 Å². The molecule has 5 nitrogen and oxygen atoms in total. The SMILES string of the molecule is CC(CC1COCCN1)NCC1COCCO1. The second-order valence-electron chi connectivity index (χ2n) is 4.84. The molecule has 100 valence electrons. The smallest absolute Gasteiger partial charge is 0.0933 e. The summed E-state index contributed by atoms with van der Waals surface area (Å²) in [4.78, 5) is 0. The van der Waals surface area contributed by atoms with E-state index < -0.39 is 0 Å². The standard InChI is InChI=1S/C12H24N2O3/c1-10(6-11-8-15-3-2-13-11)14-7-12-9-16-4-5-17-12/h10-14H,2-9H2,1H3. The maximum Gasteiger partial charge on any atom is 0.0933 e. The number of nitrogens with one attached hydrogen (secondary N) is 2. The van der Waals surface area contributed by atoms with Crippen LogP contribution in [0.5, 0.6) is 0 Å². The summed E-state index contributed by atoms with van der Waals surface area (Å²) < 4.78 is 16.4. The molecule has 2 aliphatic heterocycles. The van der Waals surface area contributed by atoms with Gasteiger partial charge in [-0.1, -0.05) is 0 Å². The van der Waals surface area contributed by atoms with E-state index in [1.807, 2.05) is 0 Å². The van der Waals surface area contributed by atoms with Crippen LogP contribution in [0.15, 0.2) is 0 Å². The lowest BCUT2D eigenvalue weighted by atomic mass is 10.1. The highest BCUT2D eigenvalue weighted by Gasteiger charge is 2.18. The maximum atomic E-state index is 5.59. The molecule has 0 amide bonds. The molecule has 0 bridgehead atoms. The fourth-order valence-corrected chi connectivity index (χ4v) is 2.27. The molecule has 3 unspecified atom stereocenters. The van der Waals surface area contributed by atoms with Gasteiger partial charge in [-0.25, -0.2) is 0 Å². The number of rotatable bonds is 5. The van der Waals surface area contributed by atoms with Gasteiger partial charge in [0.2, 0.25) is 0 Å². The summed E-state index contributed by atoms with van der Waals surface area (Å²) in [7, 11) is 0. The Kier molecular flexibility index (Phi) is 5.67. The third kappa shape index (κ3) is 4.89. The van der Waals surface area contributed by atoms with Crippen LogP contribution < -0.4 is 10.6 Å². The van der Waals surface area contributed by atoms with Crippen LogP contribution in [0, 0.1) is 0 Å². The van der Waals surface area contributed by atoms with Crippen LogP contribution in [-0.4, -0.2) is 64.3 Å². The lowest BCUT2D eigenvalue weighted by Crippen LogP contribution is -2.47. The third-order valence-corrected chi connectivity index (χ3v) is 3.22. The lowest BCUT2D eigenvalue weighted by molar-refractivity contribution is -0.0871. The van der Waals surface area contributed by atoms with E-state index in [4.69, 9.17) is 14.2 Å². The third-order valence-electron chi connectivity index (χ3n) is 3.22. The first-order valence-electron chi connectivity index (χ1n) is 6.58. The van der Waals surface area contributed by atoms with E-state index in [0.717, 1.165) is 45.9 Å². The molecule has 0 aromatic heterocycles. The fourth-order valence-electron chi connectivity index (χ4n) is 2.27. The molecule has 0 aliphatic carbocycles. The quantitative estimate of drug-likeness (QED) is 0.699. The predicted octanol–water partition coefficient (Wildman–Crippen LogP) is -0.242. The largest absolute Gasteiger partial charge is 0.379 e. The van der Waals surface area contributed by atoms with Gasteiger partial charge >= 0.3 is 0 Å². The average Bonchev–Trinajstić information content (AvgIpc) is 2.39. The van der Waals surface area contributed by atoms with Crippen LogP contribution in [0.25, 0.3) is 0 Å². The lowest BCUT2D eigenvalue weighted by Gasteiger charge is -2.28. The predicted molar refractivity (Wildman–Crippen MR) is 65.3 cm³/mol. The number of ether oxygens (including phenoxy) is 3. The van der Waals surface area contributed by atoms with Crippen LogP contribution in [-0.2, 0) is 14.2 Å². The van der Waals surface area contributed by atoms with Gasteiger partial charge in [0.25, 0.3) is 0 Å². The highest BCUT2D eigenvalue weighted by molar-refractivity contribution is 4.77. The summed E-state index contributed by atoms with van der Waals surface area (Å²) in [6.45, 7) is 7.88. The first kappa shape index (κ1) is 13.2. The van der Waals surface area contributed by atoms with Crippen molar-refractivity contribution in [3.05, 3.63) is 0 Å². The molecule has 0 saturated carbocycles. The summed E-state index contributed by atoms with van der Waals surface area (Å²) in [5.74, 6) is 0. The van der Waals surface area contributed by atoms with Crippen LogP contribution in [0.1, 0.15) is 13.3 Å². The zero-order valence-electron chi connectivity index (χ0n) is 10.6. The Morgan fingerprint density at radius 2 is 2.12 bits per heavy atom. The van der Waals surface area contributed by atoms with Gasteiger partial charge in [-0.15, -0.1) is 0 Å². The molecule has 0 aromatic rings. The van der Waals surface area contributed by atoms with E-state index in [1.54, 1.807) is 0 Å². The Labute approximate surface area is 103 Å². The van der Waals surface area contributed by atoms with Gasteiger partial charge in [0.15, 0.2) is 0 Å². The molecule has 2 saturated heterocycles. The Bertz CT molecular complexity index is 204. The molecule has 2 N–H and O–H groups in total. The van der Waals surface area contributed by atoms with Crippen LogP contribution in [0.3, 0.4) is 0 Å². The van der Waals surface area contributed by atoms with Crippen LogP contribution in [0.2, 0.25) is 0 Å². The van der Waals surface area contributed by atoms with E-state index in [-0.39, 0.29) is 6.10 Å².